The largest absolute Gasteiger partial charge is 0.462 e. The van der Waals surface area contributed by atoms with Gasteiger partial charge in [-0.1, -0.05) is 48.5 Å². The molecule has 0 fully saturated rings. The molecule has 0 unspecified atom stereocenters. The number of rotatable bonds is 5. The van der Waals surface area contributed by atoms with Crippen LogP contribution in [0.1, 0.15) is 17.3 Å². The smallest absolute Gasteiger partial charge is 0.344 e. The molecule has 0 saturated heterocycles. The molecule has 2 aromatic carbocycles. The lowest BCUT2D eigenvalue weighted by atomic mass is 10.2. The molecule has 0 bridgehead atoms. The van der Waals surface area contributed by atoms with Crippen LogP contribution in [0.4, 0.5) is 11.5 Å². The molecule has 0 saturated carbocycles. The average Bonchev–Trinajstić information content (AvgIpc) is 2.63. The van der Waals surface area contributed by atoms with E-state index in [1.807, 2.05) is 60.7 Å². The maximum Gasteiger partial charge on any atom is 0.344 e. The van der Waals surface area contributed by atoms with Crippen molar-refractivity contribution in [3.8, 4) is 11.4 Å². The van der Waals surface area contributed by atoms with Gasteiger partial charge in [-0.05, 0) is 35.0 Å². The van der Waals surface area contributed by atoms with Crippen molar-refractivity contribution in [2.75, 3.05) is 11.9 Å². The van der Waals surface area contributed by atoms with Gasteiger partial charge in [-0.25, -0.2) is 14.8 Å². The zero-order valence-corrected chi connectivity index (χ0v) is 15.2. The molecule has 0 amide bonds. The fourth-order valence-electron chi connectivity index (χ4n) is 2.28. The first-order chi connectivity index (χ1) is 12.2. The van der Waals surface area contributed by atoms with Crippen LogP contribution in [-0.2, 0) is 4.74 Å². The van der Waals surface area contributed by atoms with E-state index in [0.29, 0.717) is 16.2 Å². The highest BCUT2D eigenvalue weighted by Gasteiger charge is 2.21. The first kappa shape index (κ1) is 17.1. The minimum absolute atomic E-state index is 0.269. The Bertz CT molecular complexity index is 871. The zero-order valence-electron chi connectivity index (χ0n) is 13.6. The van der Waals surface area contributed by atoms with Crippen LogP contribution < -0.4 is 5.32 Å². The van der Waals surface area contributed by atoms with Gasteiger partial charge < -0.3 is 10.1 Å². The Morgan fingerprint density at radius 3 is 2.32 bits per heavy atom. The van der Waals surface area contributed by atoms with E-state index < -0.39 is 5.97 Å². The molecule has 0 atom stereocenters. The van der Waals surface area contributed by atoms with Gasteiger partial charge in [-0.15, -0.1) is 0 Å². The summed E-state index contributed by atoms with van der Waals surface area (Å²) in [6, 6.07) is 19.1. The van der Waals surface area contributed by atoms with Crippen LogP contribution in [0.25, 0.3) is 11.4 Å². The lowest BCUT2D eigenvalue weighted by molar-refractivity contribution is 0.0525. The van der Waals surface area contributed by atoms with Gasteiger partial charge in [-0.2, -0.15) is 0 Å². The molecule has 126 valence electrons. The first-order valence-electron chi connectivity index (χ1n) is 7.81. The van der Waals surface area contributed by atoms with E-state index in [2.05, 4.69) is 31.2 Å². The van der Waals surface area contributed by atoms with Crippen molar-refractivity contribution in [3.63, 3.8) is 0 Å². The van der Waals surface area contributed by atoms with Crippen molar-refractivity contribution in [2.45, 2.75) is 6.92 Å². The Balaban J connectivity index is 2.10. The second-order valence-corrected chi connectivity index (χ2v) is 5.89. The Labute approximate surface area is 154 Å². The van der Waals surface area contributed by atoms with E-state index in [1.165, 1.54) is 0 Å². The highest BCUT2D eigenvalue weighted by molar-refractivity contribution is 9.10. The van der Waals surface area contributed by atoms with Crippen LogP contribution in [-0.4, -0.2) is 22.5 Å². The third-order valence-electron chi connectivity index (χ3n) is 3.41. The SMILES string of the molecule is CCOC(=O)c1c(Br)nc(-c2ccccc2)nc1Nc1ccccc1. The molecule has 1 N–H and O–H groups in total. The molecule has 1 heterocycles. The number of hydrogen-bond donors (Lipinski definition) is 1. The third-order valence-corrected chi connectivity index (χ3v) is 3.99. The number of carbonyl (C=O) groups excluding carboxylic acids is 1. The summed E-state index contributed by atoms with van der Waals surface area (Å²) >= 11 is 3.39. The number of nitrogens with zero attached hydrogens (tertiary/aromatic N) is 2. The van der Waals surface area contributed by atoms with E-state index in [4.69, 9.17) is 4.74 Å². The van der Waals surface area contributed by atoms with Gasteiger partial charge in [-0.3, -0.25) is 0 Å². The number of anilines is 2. The molecule has 5 nitrogen and oxygen atoms in total. The molecule has 0 spiro atoms. The summed E-state index contributed by atoms with van der Waals surface area (Å²) in [5, 5.41) is 3.18. The van der Waals surface area contributed by atoms with Gasteiger partial charge in [0.05, 0.1) is 6.61 Å². The molecule has 0 aliphatic rings. The van der Waals surface area contributed by atoms with Crippen LogP contribution in [0.2, 0.25) is 0 Å². The fourth-order valence-corrected chi connectivity index (χ4v) is 2.80. The minimum Gasteiger partial charge on any atom is -0.462 e. The number of benzene rings is 2. The minimum atomic E-state index is -0.479. The average molecular weight is 398 g/mol. The van der Waals surface area contributed by atoms with Crippen molar-refractivity contribution in [2.24, 2.45) is 0 Å². The Kier molecular flexibility index (Phi) is 5.40. The number of aromatic nitrogens is 2. The number of halogens is 1. The van der Waals surface area contributed by atoms with Crippen molar-refractivity contribution in [1.29, 1.82) is 0 Å². The Morgan fingerprint density at radius 1 is 1.04 bits per heavy atom. The summed E-state index contributed by atoms with van der Waals surface area (Å²) in [6.45, 7) is 2.03. The van der Waals surface area contributed by atoms with E-state index in [1.54, 1.807) is 6.92 Å². The zero-order chi connectivity index (χ0) is 17.6. The molecule has 3 rings (SSSR count). The van der Waals surface area contributed by atoms with Gasteiger partial charge in [0, 0.05) is 11.3 Å². The predicted octanol–water partition coefficient (Wildman–Crippen LogP) is 4.83. The fraction of sp³-hybridized carbons (Fsp3) is 0.105. The Morgan fingerprint density at radius 2 is 1.68 bits per heavy atom. The molecule has 0 aliphatic heterocycles. The maximum atomic E-state index is 12.4. The summed E-state index contributed by atoms with van der Waals surface area (Å²) in [5.74, 6) is 0.428. The standard InChI is InChI=1S/C19H16BrN3O2/c1-2-25-19(24)15-16(20)22-17(13-9-5-3-6-10-13)23-18(15)21-14-11-7-4-8-12-14/h3-12H,2H2,1H3,(H,21,22,23). The summed E-state index contributed by atoms with van der Waals surface area (Å²) in [7, 11) is 0. The van der Waals surface area contributed by atoms with Gasteiger partial charge in [0.1, 0.15) is 16.0 Å². The van der Waals surface area contributed by atoms with Crippen LogP contribution in [0, 0.1) is 0 Å². The molecule has 1 aromatic heterocycles. The highest BCUT2D eigenvalue weighted by atomic mass is 79.9. The van der Waals surface area contributed by atoms with Crippen molar-refractivity contribution in [3.05, 3.63) is 70.8 Å². The summed E-state index contributed by atoms with van der Waals surface area (Å²) in [6.07, 6.45) is 0. The van der Waals surface area contributed by atoms with Crippen LogP contribution in [0.3, 0.4) is 0 Å². The first-order valence-corrected chi connectivity index (χ1v) is 8.60. The monoisotopic (exact) mass is 397 g/mol. The molecule has 25 heavy (non-hydrogen) atoms. The summed E-state index contributed by atoms with van der Waals surface area (Å²) in [5.41, 5.74) is 1.94. The molecule has 3 aromatic rings. The number of para-hydroxylation sites is 1. The van der Waals surface area contributed by atoms with E-state index in [9.17, 15) is 4.79 Å². The number of carbonyl (C=O) groups is 1. The molecule has 0 radical (unpaired) electrons. The topological polar surface area (TPSA) is 64.1 Å². The predicted molar refractivity (Wildman–Crippen MR) is 101 cm³/mol. The number of hydrogen-bond acceptors (Lipinski definition) is 5. The third kappa shape index (κ3) is 4.03. The highest BCUT2D eigenvalue weighted by Crippen LogP contribution is 2.28. The molecule has 6 heteroatoms. The van der Waals surface area contributed by atoms with E-state index >= 15 is 0 Å². The van der Waals surface area contributed by atoms with Crippen LogP contribution in [0.5, 0.6) is 0 Å². The lowest BCUT2D eigenvalue weighted by Gasteiger charge is -2.13. The molecule has 0 aliphatic carbocycles. The van der Waals surface area contributed by atoms with E-state index in [0.717, 1.165) is 11.3 Å². The number of nitrogens with one attached hydrogen (secondary N) is 1. The number of esters is 1. The molecular weight excluding hydrogens is 382 g/mol. The molecular formula is C19H16BrN3O2. The second kappa shape index (κ2) is 7.90. The van der Waals surface area contributed by atoms with Crippen LogP contribution in [0.15, 0.2) is 65.3 Å². The van der Waals surface area contributed by atoms with E-state index in [-0.39, 0.29) is 12.2 Å². The van der Waals surface area contributed by atoms with Crippen molar-refractivity contribution >= 4 is 33.4 Å². The quantitative estimate of drug-likeness (QED) is 0.493. The normalized spacial score (nSPS) is 10.3. The Hall–Kier alpha value is -2.73. The summed E-state index contributed by atoms with van der Waals surface area (Å²) < 4.78 is 5.53. The summed E-state index contributed by atoms with van der Waals surface area (Å²) in [4.78, 5) is 21.3. The maximum absolute atomic E-state index is 12.4. The van der Waals surface area contributed by atoms with Gasteiger partial charge in [0.15, 0.2) is 5.82 Å². The van der Waals surface area contributed by atoms with Crippen molar-refractivity contribution in [1.82, 2.24) is 9.97 Å². The van der Waals surface area contributed by atoms with Crippen LogP contribution >= 0.6 is 15.9 Å². The number of ether oxygens (including phenoxy) is 1. The van der Waals surface area contributed by atoms with Gasteiger partial charge in [0.2, 0.25) is 0 Å². The second-order valence-electron chi connectivity index (χ2n) is 5.14. The van der Waals surface area contributed by atoms with Crippen molar-refractivity contribution < 1.29 is 9.53 Å². The lowest BCUT2D eigenvalue weighted by Crippen LogP contribution is -2.12. The van der Waals surface area contributed by atoms with Gasteiger partial charge in [0.25, 0.3) is 0 Å². The van der Waals surface area contributed by atoms with Gasteiger partial charge >= 0.3 is 5.97 Å².